The van der Waals surface area contributed by atoms with Gasteiger partial charge >= 0.3 is 0 Å². The first-order valence-electron chi connectivity index (χ1n) is 10.2. The van der Waals surface area contributed by atoms with Gasteiger partial charge in [-0.1, -0.05) is 6.92 Å². The number of rotatable bonds is 7. The molecule has 0 amide bonds. The number of aliphatic hydroxyl groups is 1. The van der Waals surface area contributed by atoms with Crippen molar-refractivity contribution in [2.24, 2.45) is 0 Å². The number of hydrogen-bond donors (Lipinski definition) is 3. The molecule has 160 valence electrons. The number of nitriles is 2. The summed E-state index contributed by atoms with van der Waals surface area (Å²) < 4.78 is 0. The van der Waals surface area contributed by atoms with Gasteiger partial charge in [0, 0.05) is 29.2 Å². The average molecular weight is 425 g/mol. The van der Waals surface area contributed by atoms with E-state index in [2.05, 4.69) is 26.7 Å². The fourth-order valence-electron chi connectivity index (χ4n) is 3.31. The predicted molar refractivity (Wildman–Crippen MR) is 126 cm³/mol. The molecule has 0 aliphatic carbocycles. The first-order chi connectivity index (χ1) is 15.4. The lowest BCUT2D eigenvalue weighted by Crippen LogP contribution is -2.09. The zero-order valence-corrected chi connectivity index (χ0v) is 18.2. The Kier molecular flexibility index (Phi) is 7.17. The Hall–Kier alpha value is -4.20. The van der Waals surface area contributed by atoms with Crippen LogP contribution >= 0.6 is 0 Å². The number of aryl methyl sites for hydroxylation is 2. The summed E-state index contributed by atoms with van der Waals surface area (Å²) >= 11 is 0. The molecule has 0 spiro atoms. The van der Waals surface area contributed by atoms with Gasteiger partial charge in [-0.05, 0) is 79.4 Å². The Morgan fingerprint density at radius 3 is 2.38 bits per heavy atom. The van der Waals surface area contributed by atoms with E-state index < -0.39 is 6.10 Å². The molecule has 0 fully saturated rings. The largest absolute Gasteiger partial charge is 0.388 e. The smallest absolute Gasteiger partial charge is 0.229 e. The maximum Gasteiger partial charge on any atom is 0.229 e. The molecule has 3 rings (SSSR count). The minimum Gasteiger partial charge on any atom is -0.388 e. The van der Waals surface area contributed by atoms with Gasteiger partial charge in [-0.2, -0.15) is 15.5 Å². The molecule has 1 atom stereocenters. The minimum absolute atomic E-state index is 0.369. The maximum absolute atomic E-state index is 10.5. The minimum atomic E-state index is -0.708. The summed E-state index contributed by atoms with van der Waals surface area (Å²) in [6, 6.07) is 15.1. The first-order valence-corrected chi connectivity index (χ1v) is 10.2. The van der Waals surface area contributed by atoms with Crippen molar-refractivity contribution in [3.8, 4) is 12.1 Å². The molecule has 7 heteroatoms. The Labute approximate surface area is 187 Å². The van der Waals surface area contributed by atoms with E-state index in [1.54, 1.807) is 36.5 Å². The van der Waals surface area contributed by atoms with Crippen LogP contribution in [0.25, 0.3) is 6.08 Å². The lowest BCUT2D eigenvalue weighted by molar-refractivity contribution is 0.173. The molecule has 7 nitrogen and oxygen atoms in total. The zero-order valence-electron chi connectivity index (χ0n) is 18.2. The standard InChI is InChI=1S/C25H24N6O/c1-4-22(32)21-15-28-25(29-20-9-7-18(14-27)8-10-20)31-24(21)30-23-16(2)12-19(6-5-11-26)13-17(23)3/h5-10,12-13,15,22,32H,4H2,1-3H3,(H2,28,29,30,31)/b6-5+. The second-order valence-electron chi connectivity index (χ2n) is 7.35. The molecule has 2 aromatic carbocycles. The molecule has 0 aliphatic heterocycles. The summed E-state index contributed by atoms with van der Waals surface area (Å²) in [5.74, 6) is 0.880. The van der Waals surface area contributed by atoms with Crippen molar-refractivity contribution in [2.75, 3.05) is 10.6 Å². The summed E-state index contributed by atoms with van der Waals surface area (Å²) in [5.41, 5.74) is 5.71. The van der Waals surface area contributed by atoms with Crippen molar-refractivity contribution in [2.45, 2.75) is 33.3 Å². The second-order valence-corrected chi connectivity index (χ2v) is 7.35. The van der Waals surface area contributed by atoms with Gasteiger partial charge in [0.05, 0.1) is 23.8 Å². The number of aromatic nitrogens is 2. The van der Waals surface area contributed by atoms with Crippen LogP contribution in [0.5, 0.6) is 0 Å². The summed E-state index contributed by atoms with van der Waals surface area (Å²) in [6.45, 7) is 5.85. The Morgan fingerprint density at radius 2 is 1.78 bits per heavy atom. The number of nitrogens with one attached hydrogen (secondary N) is 2. The van der Waals surface area contributed by atoms with Crippen LogP contribution in [0.2, 0.25) is 0 Å². The molecule has 32 heavy (non-hydrogen) atoms. The van der Waals surface area contributed by atoms with E-state index in [0.717, 1.165) is 28.1 Å². The normalized spacial score (nSPS) is 11.6. The fraction of sp³-hybridized carbons (Fsp3) is 0.200. The van der Waals surface area contributed by atoms with Gasteiger partial charge in [-0.15, -0.1) is 0 Å². The van der Waals surface area contributed by atoms with Crippen LogP contribution in [0.4, 0.5) is 23.1 Å². The number of hydrogen-bond acceptors (Lipinski definition) is 7. The van der Waals surface area contributed by atoms with E-state index in [4.69, 9.17) is 10.5 Å². The highest BCUT2D eigenvalue weighted by Crippen LogP contribution is 2.31. The highest BCUT2D eigenvalue weighted by atomic mass is 16.3. The van der Waals surface area contributed by atoms with Crippen molar-refractivity contribution in [1.29, 1.82) is 10.5 Å². The summed E-state index contributed by atoms with van der Waals surface area (Å²) in [5, 5.41) is 34.7. The van der Waals surface area contributed by atoms with Gasteiger partial charge in [0.1, 0.15) is 5.82 Å². The number of aliphatic hydroxyl groups excluding tert-OH is 1. The summed E-state index contributed by atoms with van der Waals surface area (Å²) in [7, 11) is 0. The van der Waals surface area contributed by atoms with Crippen LogP contribution in [-0.4, -0.2) is 15.1 Å². The maximum atomic E-state index is 10.5. The molecular weight excluding hydrogens is 400 g/mol. The first kappa shape index (κ1) is 22.5. The molecule has 3 N–H and O–H groups in total. The molecule has 0 saturated carbocycles. The van der Waals surface area contributed by atoms with Crippen molar-refractivity contribution >= 4 is 29.2 Å². The van der Waals surface area contributed by atoms with E-state index in [0.29, 0.717) is 29.3 Å². The predicted octanol–water partition coefficient (Wildman–Crippen LogP) is 5.43. The molecular formula is C25H24N6O. The molecule has 1 aromatic heterocycles. The quantitative estimate of drug-likeness (QED) is 0.433. The molecule has 0 aliphatic rings. The number of allylic oxidation sites excluding steroid dienone is 1. The van der Waals surface area contributed by atoms with Gasteiger partial charge in [-0.3, -0.25) is 0 Å². The zero-order chi connectivity index (χ0) is 23.1. The van der Waals surface area contributed by atoms with Crippen LogP contribution < -0.4 is 10.6 Å². The third kappa shape index (κ3) is 5.28. The lowest BCUT2D eigenvalue weighted by atomic mass is 10.0. The highest BCUT2D eigenvalue weighted by Gasteiger charge is 2.16. The average Bonchev–Trinajstić information content (AvgIpc) is 2.80. The molecule has 0 bridgehead atoms. The lowest BCUT2D eigenvalue weighted by Gasteiger charge is -2.19. The second kappa shape index (κ2) is 10.2. The summed E-state index contributed by atoms with van der Waals surface area (Å²) in [4.78, 5) is 8.97. The van der Waals surface area contributed by atoms with Crippen molar-refractivity contribution in [3.05, 3.63) is 76.5 Å². The van der Waals surface area contributed by atoms with E-state index in [9.17, 15) is 5.11 Å². The molecule has 1 heterocycles. The van der Waals surface area contributed by atoms with Crippen LogP contribution in [0.1, 0.15) is 47.3 Å². The van der Waals surface area contributed by atoms with Crippen LogP contribution in [-0.2, 0) is 0 Å². The van der Waals surface area contributed by atoms with Gasteiger partial charge < -0.3 is 15.7 Å². The number of nitrogens with zero attached hydrogens (tertiary/aromatic N) is 4. The Bertz CT molecular complexity index is 1200. The third-order valence-corrected chi connectivity index (χ3v) is 4.98. The van der Waals surface area contributed by atoms with E-state index in [-0.39, 0.29) is 0 Å². The van der Waals surface area contributed by atoms with Gasteiger partial charge in [0.2, 0.25) is 5.95 Å². The van der Waals surface area contributed by atoms with Gasteiger partial charge in [-0.25, -0.2) is 4.98 Å². The van der Waals surface area contributed by atoms with E-state index >= 15 is 0 Å². The SMILES string of the molecule is CCC(O)c1cnc(Nc2ccc(C#N)cc2)nc1Nc1c(C)cc(/C=C/C#N)cc1C. The number of benzene rings is 2. The third-order valence-electron chi connectivity index (χ3n) is 4.98. The van der Waals surface area contributed by atoms with Gasteiger partial charge in [0.25, 0.3) is 0 Å². The fourth-order valence-corrected chi connectivity index (χ4v) is 3.31. The molecule has 1 unspecified atom stereocenters. The Morgan fingerprint density at radius 1 is 1.09 bits per heavy atom. The van der Waals surface area contributed by atoms with Crippen molar-refractivity contribution in [1.82, 2.24) is 9.97 Å². The Balaban J connectivity index is 1.96. The molecule has 0 radical (unpaired) electrons. The topological polar surface area (TPSA) is 118 Å². The highest BCUT2D eigenvalue weighted by molar-refractivity contribution is 5.71. The van der Waals surface area contributed by atoms with E-state index in [1.807, 2.05) is 39.0 Å². The van der Waals surface area contributed by atoms with E-state index in [1.165, 1.54) is 6.08 Å². The molecule has 0 saturated heterocycles. The summed E-state index contributed by atoms with van der Waals surface area (Å²) in [6.07, 6.45) is 4.64. The number of anilines is 4. The van der Waals surface area contributed by atoms with Gasteiger partial charge in [0.15, 0.2) is 0 Å². The van der Waals surface area contributed by atoms with Crippen molar-refractivity contribution in [3.63, 3.8) is 0 Å². The monoisotopic (exact) mass is 424 g/mol. The van der Waals surface area contributed by atoms with Crippen LogP contribution in [0.3, 0.4) is 0 Å². The van der Waals surface area contributed by atoms with Crippen LogP contribution in [0.15, 0.2) is 48.7 Å². The van der Waals surface area contributed by atoms with Crippen molar-refractivity contribution < 1.29 is 5.11 Å². The van der Waals surface area contributed by atoms with Crippen LogP contribution in [0, 0.1) is 36.5 Å². The molecule has 3 aromatic rings.